The fourth-order valence-corrected chi connectivity index (χ4v) is 4.47. The van der Waals surface area contributed by atoms with Gasteiger partial charge in [0, 0.05) is 27.2 Å². The number of benzene rings is 1. The molecule has 1 saturated carbocycles. The molecule has 1 heterocycles. The summed E-state index contributed by atoms with van der Waals surface area (Å²) in [5.74, 6) is 0.120. The molecule has 0 radical (unpaired) electrons. The van der Waals surface area contributed by atoms with Gasteiger partial charge in [0.1, 0.15) is 0 Å². The third kappa shape index (κ3) is 5.37. The van der Waals surface area contributed by atoms with E-state index < -0.39 is 0 Å². The average Bonchev–Trinajstić information content (AvgIpc) is 3.21. The first-order valence-electron chi connectivity index (χ1n) is 9.37. The van der Waals surface area contributed by atoms with Crippen molar-refractivity contribution in [2.75, 3.05) is 25.0 Å². The van der Waals surface area contributed by atoms with Gasteiger partial charge in [-0.25, -0.2) is 0 Å². The van der Waals surface area contributed by atoms with E-state index in [1.165, 1.54) is 0 Å². The van der Waals surface area contributed by atoms with Gasteiger partial charge in [0.2, 0.25) is 11.8 Å². The molecule has 1 aromatic carbocycles. The summed E-state index contributed by atoms with van der Waals surface area (Å²) < 4.78 is 0. The van der Waals surface area contributed by atoms with E-state index in [2.05, 4.69) is 15.5 Å². The Labute approximate surface area is 170 Å². The second-order valence-corrected chi connectivity index (χ2v) is 9.71. The van der Waals surface area contributed by atoms with Gasteiger partial charge in [0.05, 0.1) is 6.54 Å². The maximum absolute atomic E-state index is 12.6. The van der Waals surface area contributed by atoms with Gasteiger partial charge in [-0.15, -0.1) is 0 Å². The molecule has 1 aromatic rings. The molecule has 27 heavy (non-hydrogen) atoms. The molecule has 2 amide bonds. The minimum atomic E-state index is -0.211. The van der Waals surface area contributed by atoms with Crippen molar-refractivity contribution in [1.82, 2.24) is 10.2 Å². The number of nitrogens with one attached hydrogen (secondary N) is 2. The number of amides is 2. The summed E-state index contributed by atoms with van der Waals surface area (Å²) in [4.78, 5) is 26.9. The van der Waals surface area contributed by atoms with Gasteiger partial charge in [-0.3, -0.25) is 14.5 Å². The van der Waals surface area contributed by atoms with Crippen LogP contribution < -0.4 is 10.6 Å². The minimum absolute atomic E-state index is 0.0285. The normalized spacial score (nSPS) is 21.7. The van der Waals surface area contributed by atoms with Crippen LogP contribution in [0.2, 0.25) is 10.0 Å². The first kappa shape index (κ1) is 20.4. The van der Waals surface area contributed by atoms with Gasteiger partial charge in [-0.05, 0) is 76.7 Å². The molecule has 7 heteroatoms. The van der Waals surface area contributed by atoms with Gasteiger partial charge in [-0.1, -0.05) is 23.2 Å². The van der Waals surface area contributed by atoms with Crippen LogP contribution in [0, 0.1) is 11.3 Å². The Hall–Kier alpha value is -1.30. The number of anilines is 1. The molecule has 1 aliphatic carbocycles. The zero-order valence-electron chi connectivity index (χ0n) is 16.1. The van der Waals surface area contributed by atoms with E-state index in [1.54, 1.807) is 18.2 Å². The summed E-state index contributed by atoms with van der Waals surface area (Å²) in [5.41, 5.74) is 0.510. The monoisotopic (exact) mass is 411 g/mol. The molecular weight excluding hydrogens is 385 g/mol. The van der Waals surface area contributed by atoms with Crippen molar-refractivity contribution in [3.05, 3.63) is 28.2 Å². The number of carbonyl (C=O) groups excluding carboxylic acids is 2. The molecule has 1 saturated heterocycles. The lowest BCUT2D eigenvalue weighted by molar-refractivity contribution is -0.124. The predicted molar refractivity (Wildman–Crippen MR) is 109 cm³/mol. The minimum Gasteiger partial charge on any atom is -0.350 e. The lowest BCUT2D eigenvalue weighted by atomic mass is 9.90. The number of hydrogen-bond donors (Lipinski definition) is 2. The molecular formula is C20H27Cl2N3O2. The van der Waals surface area contributed by atoms with Crippen molar-refractivity contribution in [3.63, 3.8) is 0 Å². The van der Waals surface area contributed by atoms with Gasteiger partial charge in [0.25, 0.3) is 0 Å². The van der Waals surface area contributed by atoms with E-state index in [-0.39, 0.29) is 28.7 Å². The summed E-state index contributed by atoms with van der Waals surface area (Å²) >= 11 is 12.0. The van der Waals surface area contributed by atoms with Crippen molar-refractivity contribution < 1.29 is 9.59 Å². The van der Waals surface area contributed by atoms with Gasteiger partial charge >= 0.3 is 0 Å². The summed E-state index contributed by atoms with van der Waals surface area (Å²) in [5, 5.41) is 6.95. The number of piperidine rings is 1. The molecule has 2 aliphatic rings. The van der Waals surface area contributed by atoms with Crippen molar-refractivity contribution in [2.45, 2.75) is 45.6 Å². The Morgan fingerprint density at radius 1 is 1.15 bits per heavy atom. The lowest BCUT2D eigenvalue weighted by Gasteiger charge is -2.33. The molecule has 1 atom stereocenters. The van der Waals surface area contributed by atoms with Crippen molar-refractivity contribution in [2.24, 2.45) is 11.3 Å². The highest BCUT2D eigenvalue weighted by atomic mass is 35.5. The molecule has 1 unspecified atom stereocenters. The van der Waals surface area contributed by atoms with Crippen LogP contribution in [0.3, 0.4) is 0 Å². The van der Waals surface area contributed by atoms with Crippen LogP contribution in [-0.2, 0) is 9.59 Å². The second-order valence-electron chi connectivity index (χ2n) is 8.84. The summed E-state index contributed by atoms with van der Waals surface area (Å²) in [6, 6.07) is 5.05. The van der Waals surface area contributed by atoms with Crippen LogP contribution in [0.25, 0.3) is 0 Å². The summed E-state index contributed by atoms with van der Waals surface area (Å²) in [6.07, 6.45) is 2.81. The van der Waals surface area contributed by atoms with Crippen LogP contribution in [0.4, 0.5) is 5.69 Å². The van der Waals surface area contributed by atoms with Gasteiger partial charge in [0.15, 0.2) is 0 Å². The van der Waals surface area contributed by atoms with E-state index in [0.717, 1.165) is 32.4 Å². The molecule has 1 aliphatic heterocycles. The van der Waals surface area contributed by atoms with Crippen LogP contribution in [0.15, 0.2) is 18.2 Å². The van der Waals surface area contributed by atoms with Crippen LogP contribution in [0.5, 0.6) is 0 Å². The Morgan fingerprint density at radius 3 is 2.30 bits per heavy atom. The Morgan fingerprint density at radius 2 is 1.74 bits per heavy atom. The summed E-state index contributed by atoms with van der Waals surface area (Å²) in [6.45, 7) is 8.07. The SMILES string of the molecule is CC(C)(C)NC(=O)CN1CCC2(CC1)CC2C(=O)Nc1cc(Cl)cc(Cl)c1. The molecule has 2 N–H and O–H groups in total. The zero-order chi connectivity index (χ0) is 19.8. The first-order chi connectivity index (χ1) is 12.6. The van der Waals surface area contributed by atoms with Crippen molar-refractivity contribution in [3.8, 4) is 0 Å². The van der Waals surface area contributed by atoms with E-state index in [0.29, 0.717) is 22.3 Å². The molecule has 1 spiro atoms. The highest BCUT2D eigenvalue weighted by molar-refractivity contribution is 6.35. The Kier molecular flexibility index (Phi) is 5.76. The van der Waals surface area contributed by atoms with Crippen molar-refractivity contribution >= 4 is 40.7 Å². The van der Waals surface area contributed by atoms with Gasteiger partial charge < -0.3 is 10.6 Å². The van der Waals surface area contributed by atoms with E-state index in [4.69, 9.17) is 23.2 Å². The van der Waals surface area contributed by atoms with E-state index in [9.17, 15) is 9.59 Å². The largest absolute Gasteiger partial charge is 0.350 e. The number of rotatable bonds is 4. The Balaban J connectivity index is 1.48. The molecule has 5 nitrogen and oxygen atoms in total. The molecule has 0 bridgehead atoms. The lowest BCUT2D eigenvalue weighted by Crippen LogP contribution is -2.47. The van der Waals surface area contributed by atoms with Crippen molar-refractivity contribution in [1.29, 1.82) is 0 Å². The first-order valence-corrected chi connectivity index (χ1v) is 10.1. The maximum Gasteiger partial charge on any atom is 0.234 e. The number of carbonyl (C=O) groups is 2. The average molecular weight is 412 g/mol. The molecule has 0 aromatic heterocycles. The standard InChI is InChI=1S/C20H27Cl2N3O2/c1-19(2,3)24-17(26)12-25-6-4-20(5-7-25)11-16(20)18(27)23-15-9-13(21)8-14(22)10-15/h8-10,16H,4-7,11-12H2,1-3H3,(H,23,27)(H,24,26). The second kappa shape index (κ2) is 7.61. The van der Waals surface area contributed by atoms with Crippen LogP contribution in [-0.4, -0.2) is 41.9 Å². The highest BCUT2D eigenvalue weighted by Gasteiger charge is 2.58. The number of likely N-dealkylation sites (tertiary alicyclic amines) is 1. The topological polar surface area (TPSA) is 61.4 Å². The molecule has 148 valence electrons. The Bertz CT molecular complexity index is 717. The molecule has 3 rings (SSSR count). The number of halogens is 2. The fourth-order valence-electron chi connectivity index (χ4n) is 3.94. The van der Waals surface area contributed by atoms with Gasteiger partial charge in [-0.2, -0.15) is 0 Å². The quantitative estimate of drug-likeness (QED) is 0.788. The molecule has 2 fully saturated rings. The smallest absolute Gasteiger partial charge is 0.234 e. The number of hydrogen-bond acceptors (Lipinski definition) is 3. The summed E-state index contributed by atoms with van der Waals surface area (Å²) in [7, 11) is 0. The van der Waals surface area contributed by atoms with Crippen LogP contribution >= 0.6 is 23.2 Å². The highest BCUT2D eigenvalue weighted by Crippen LogP contribution is 2.59. The predicted octanol–water partition coefficient (Wildman–Crippen LogP) is 3.95. The van der Waals surface area contributed by atoms with Crippen LogP contribution in [0.1, 0.15) is 40.0 Å². The van der Waals surface area contributed by atoms with E-state index in [1.807, 2.05) is 20.8 Å². The number of nitrogens with zero attached hydrogens (tertiary/aromatic N) is 1. The third-order valence-electron chi connectivity index (χ3n) is 5.37. The third-order valence-corrected chi connectivity index (χ3v) is 5.81. The van der Waals surface area contributed by atoms with E-state index >= 15 is 0 Å². The fraction of sp³-hybridized carbons (Fsp3) is 0.600. The maximum atomic E-state index is 12.6. The zero-order valence-corrected chi connectivity index (χ0v) is 17.6.